The number of benzene rings is 2. The van der Waals surface area contributed by atoms with Gasteiger partial charge in [0, 0.05) is 16.6 Å². The highest BCUT2D eigenvalue weighted by molar-refractivity contribution is 9.10. The van der Waals surface area contributed by atoms with E-state index < -0.39 is 34.1 Å². The van der Waals surface area contributed by atoms with Crippen LogP contribution in [0.4, 0.5) is 5.69 Å². The topological polar surface area (TPSA) is 86.8 Å². The lowest BCUT2D eigenvalue weighted by Crippen LogP contribution is -2.54. The Hall–Kier alpha value is -1.52. The van der Waals surface area contributed by atoms with Crippen LogP contribution in [0.25, 0.3) is 0 Å². The number of sulfonamides is 1. The van der Waals surface area contributed by atoms with Gasteiger partial charge in [-0.1, -0.05) is 62.9 Å². The van der Waals surface area contributed by atoms with E-state index in [0.717, 1.165) is 20.6 Å². The number of halogens is 4. The third-order valence-electron chi connectivity index (χ3n) is 4.87. The zero-order valence-electron chi connectivity index (χ0n) is 19.9. The Bertz CT molecular complexity index is 1200. The third-order valence-corrected chi connectivity index (χ3v) is 7.55. The Kier molecular flexibility index (Phi) is 9.92. The monoisotopic (exact) mass is 625 g/mol. The number of hydrogen-bond acceptors (Lipinski definition) is 4. The first-order valence-electron chi connectivity index (χ1n) is 10.5. The maximum absolute atomic E-state index is 13.5. The predicted molar refractivity (Wildman–Crippen MR) is 146 cm³/mol. The molecule has 0 saturated carbocycles. The maximum Gasteiger partial charge on any atom is 0.244 e. The van der Waals surface area contributed by atoms with Crippen LogP contribution >= 0.6 is 50.7 Å². The summed E-state index contributed by atoms with van der Waals surface area (Å²) in [5.74, 6) is -0.974. The van der Waals surface area contributed by atoms with Crippen LogP contribution in [0.5, 0.6) is 0 Å². The fourth-order valence-electron chi connectivity index (χ4n) is 3.14. The first-order chi connectivity index (χ1) is 16.0. The lowest BCUT2D eigenvalue weighted by atomic mass is 10.1. The average Bonchev–Trinajstić information content (AvgIpc) is 2.71. The van der Waals surface area contributed by atoms with Crippen molar-refractivity contribution in [2.75, 3.05) is 17.1 Å². The summed E-state index contributed by atoms with van der Waals surface area (Å²) in [6, 6.07) is 8.95. The van der Waals surface area contributed by atoms with E-state index in [2.05, 4.69) is 21.2 Å². The SMILES string of the molecule is C[C@H](C(=O)NC(C)(C)C)N(Cc1ccc(Br)cc1)C(=O)CN(c1cc(Cl)c(Cl)cc1Cl)S(C)(=O)=O. The van der Waals surface area contributed by atoms with Gasteiger partial charge in [-0.15, -0.1) is 0 Å². The Balaban J connectivity index is 2.47. The quantitative estimate of drug-likeness (QED) is 0.392. The van der Waals surface area contributed by atoms with Crippen molar-refractivity contribution in [2.45, 2.75) is 45.8 Å². The molecule has 2 amide bonds. The molecule has 0 aliphatic rings. The number of carbonyl (C=O) groups is 2. The van der Waals surface area contributed by atoms with Crippen molar-refractivity contribution in [1.82, 2.24) is 10.2 Å². The van der Waals surface area contributed by atoms with E-state index in [9.17, 15) is 18.0 Å². The first kappa shape index (κ1) is 29.7. The van der Waals surface area contributed by atoms with Gasteiger partial charge in [0.05, 0.1) is 27.0 Å². The molecular formula is C23H27BrCl3N3O4S. The lowest BCUT2D eigenvalue weighted by molar-refractivity contribution is -0.140. The van der Waals surface area contributed by atoms with Crippen LogP contribution in [0.2, 0.25) is 15.1 Å². The van der Waals surface area contributed by atoms with E-state index in [4.69, 9.17) is 34.8 Å². The largest absolute Gasteiger partial charge is 0.350 e. The molecule has 0 saturated heterocycles. The van der Waals surface area contributed by atoms with E-state index >= 15 is 0 Å². The minimum atomic E-state index is -3.96. The molecule has 2 rings (SSSR count). The van der Waals surface area contributed by atoms with Gasteiger partial charge >= 0.3 is 0 Å². The van der Waals surface area contributed by atoms with Gasteiger partial charge in [0.1, 0.15) is 12.6 Å². The van der Waals surface area contributed by atoms with Crippen LogP contribution < -0.4 is 9.62 Å². The molecule has 2 aromatic carbocycles. The van der Waals surface area contributed by atoms with Crippen LogP contribution in [0, 0.1) is 0 Å². The number of nitrogens with one attached hydrogen (secondary N) is 1. The molecule has 0 aliphatic heterocycles. The lowest BCUT2D eigenvalue weighted by Gasteiger charge is -2.33. The van der Waals surface area contributed by atoms with Gasteiger partial charge in [-0.25, -0.2) is 8.42 Å². The van der Waals surface area contributed by atoms with Gasteiger partial charge in [-0.2, -0.15) is 0 Å². The minimum Gasteiger partial charge on any atom is -0.350 e. The van der Waals surface area contributed by atoms with Crippen LogP contribution in [0.3, 0.4) is 0 Å². The fraction of sp³-hybridized carbons (Fsp3) is 0.391. The molecule has 1 atom stereocenters. The molecular weight excluding hydrogens is 601 g/mol. The number of carbonyl (C=O) groups excluding carboxylic acids is 2. The van der Waals surface area contributed by atoms with Crippen LogP contribution in [-0.4, -0.2) is 49.5 Å². The molecule has 192 valence electrons. The van der Waals surface area contributed by atoms with Crippen LogP contribution in [0.1, 0.15) is 33.3 Å². The normalized spacial score (nSPS) is 12.7. The third kappa shape index (κ3) is 8.53. The van der Waals surface area contributed by atoms with E-state index in [1.165, 1.54) is 17.0 Å². The molecule has 1 N–H and O–H groups in total. The van der Waals surface area contributed by atoms with Gasteiger partial charge in [-0.3, -0.25) is 13.9 Å². The summed E-state index contributed by atoms with van der Waals surface area (Å²) in [5, 5.41) is 3.10. The molecule has 0 bridgehead atoms. The van der Waals surface area contributed by atoms with Crippen molar-refractivity contribution >= 4 is 78.3 Å². The number of amides is 2. The summed E-state index contributed by atoms with van der Waals surface area (Å²) in [6.07, 6.45) is 0.952. The van der Waals surface area contributed by atoms with Crippen LogP contribution in [-0.2, 0) is 26.2 Å². The molecule has 0 unspecified atom stereocenters. The van der Waals surface area contributed by atoms with Crippen molar-refractivity contribution < 1.29 is 18.0 Å². The molecule has 0 radical (unpaired) electrons. The zero-order valence-corrected chi connectivity index (χ0v) is 24.6. The van der Waals surface area contributed by atoms with Gasteiger partial charge < -0.3 is 10.2 Å². The van der Waals surface area contributed by atoms with E-state index in [0.29, 0.717) is 0 Å². The van der Waals surface area contributed by atoms with E-state index in [-0.39, 0.29) is 33.2 Å². The molecule has 35 heavy (non-hydrogen) atoms. The standard InChI is InChI=1S/C23H27BrCl3N3O4S/c1-14(22(32)28-23(2,3)4)29(12-15-6-8-16(24)9-7-15)21(31)13-30(35(5,33)34)20-11-18(26)17(25)10-19(20)27/h6-11,14H,12-13H2,1-5H3,(H,28,32)/t14-/m1/s1. The summed E-state index contributed by atoms with van der Waals surface area (Å²) >= 11 is 21.7. The van der Waals surface area contributed by atoms with E-state index in [1.54, 1.807) is 6.92 Å². The number of anilines is 1. The van der Waals surface area contributed by atoms with Crippen molar-refractivity contribution in [3.05, 3.63) is 61.5 Å². The second kappa shape index (κ2) is 11.7. The zero-order chi connectivity index (χ0) is 26.7. The second-order valence-electron chi connectivity index (χ2n) is 9.05. The molecule has 0 aliphatic carbocycles. The van der Waals surface area contributed by atoms with Crippen molar-refractivity contribution in [3.8, 4) is 0 Å². The molecule has 0 fully saturated rings. The highest BCUT2D eigenvalue weighted by atomic mass is 79.9. The Labute approximate surface area is 229 Å². The number of hydrogen-bond donors (Lipinski definition) is 1. The predicted octanol–water partition coefficient (Wildman–Crippen LogP) is 5.51. The minimum absolute atomic E-state index is 0.00676. The highest BCUT2D eigenvalue weighted by Crippen LogP contribution is 2.35. The highest BCUT2D eigenvalue weighted by Gasteiger charge is 2.32. The Morgan fingerprint density at radius 3 is 2.09 bits per heavy atom. The summed E-state index contributed by atoms with van der Waals surface area (Å²) in [7, 11) is -3.96. The van der Waals surface area contributed by atoms with Gasteiger partial charge in [-0.05, 0) is 57.5 Å². The fourth-order valence-corrected chi connectivity index (χ4v) is 4.95. The second-order valence-corrected chi connectivity index (χ2v) is 13.1. The van der Waals surface area contributed by atoms with Gasteiger partial charge in [0.25, 0.3) is 0 Å². The molecule has 7 nitrogen and oxygen atoms in total. The first-order valence-corrected chi connectivity index (χ1v) is 14.3. The van der Waals surface area contributed by atoms with Gasteiger partial charge in [0.15, 0.2) is 0 Å². The Morgan fingerprint density at radius 2 is 1.57 bits per heavy atom. The summed E-state index contributed by atoms with van der Waals surface area (Å²) < 4.78 is 27.0. The molecule has 0 aromatic heterocycles. The van der Waals surface area contributed by atoms with E-state index in [1.807, 2.05) is 45.0 Å². The van der Waals surface area contributed by atoms with Gasteiger partial charge in [0.2, 0.25) is 21.8 Å². The molecule has 0 spiro atoms. The Morgan fingerprint density at radius 1 is 1.03 bits per heavy atom. The maximum atomic E-state index is 13.5. The smallest absolute Gasteiger partial charge is 0.244 e. The van der Waals surface area contributed by atoms with Crippen molar-refractivity contribution in [2.24, 2.45) is 0 Å². The van der Waals surface area contributed by atoms with Crippen LogP contribution in [0.15, 0.2) is 40.9 Å². The summed E-state index contributed by atoms with van der Waals surface area (Å²) in [5.41, 5.74) is 0.243. The number of rotatable bonds is 8. The summed E-state index contributed by atoms with van der Waals surface area (Å²) in [6.45, 7) is 6.56. The molecule has 0 heterocycles. The molecule has 12 heteroatoms. The summed E-state index contributed by atoms with van der Waals surface area (Å²) in [4.78, 5) is 27.8. The molecule has 2 aromatic rings. The van der Waals surface area contributed by atoms with Crippen molar-refractivity contribution in [1.29, 1.82) is 0 Å². The number of nitrogens with zero attached hydrogens (tertiary/aromatic N) is 2. The average molecular weight is 628 g/mol. The van der Waals surface area contributed by atoms with Crippen molar-refractivity contribution in [3.63, 3.8) is 0 Å².